The predicted molar refractivity (Wildman–Crippen MR) is 376 cm³/mol. The zero-order chi connectivity index (χ0) is 65.7. The van der Waals surface area contributed by atoms with E-state index in [1.54, 1.807) is 18.2 Å². The van der Waals surface area contributed by atoms with Crippen molar-refractivity contribution < 1.29 is 33.2 Å². The molecule has 0 heterocycles. The molecule has 6 aliphatic carbocycles. The molecular weight excluding hydrogens is 1360 g/mol. The lowest BCUT2D eigenvalue weighted by molar-refractivity contribution is 0.0898. The van der Waals surface area contributed by atoms with Crippen LogP contribution in [0.5, 0.6) is 0 Å². The van der Waals surface area contributed by atoms with Gasteiger partial charge in [-0.3, -0.25) is 28.8 Å². The number of rotatable bonds is 14. The van der Waals surface area contributed by atoms with Crippen LogP contribution in [0.3, 0.4) is 0 Å². The van der Waals surface area contributed by atoms with E-state index in [2.05, 4.69) is 87.2 Å². The van der Waals surface area contributed by atoms with Gasteiger partial charge in [-0.05, 0) is 158 Å². The van der Waals surface area contributed by atoms with Crippen molar-refractivity contribution in [3.05, 3.63) is 204 Å². The van der Waals surface area contributed by atoms with Crippen LogP contribution in [0.25, 0.3) is 0 Å². The van der Waals surface area contributed by atoms with Gasteiger partial charge in [-0.25, -0.2) is 4.39 Å². The summed E-state index contributed by atoms with van der Waals surface area (Å²) in [5.41, 5.74) is 11.1. The summed E-state index contributed by atoms with van der Waals surface area (Å²) < 4.78 is 15.4. The van der Waals surface area contributed by atoms with Gasteiger partial charge >= 0.3 is 0 Å². The molecule has 480 valence electrons. The Balaban J connectivity index is 0.000000154. The third kappa shape index (κ3) is 17.3. The van der Waals surface area contributed by atoms with Crippen LogP contribution in [-0.2, 0) is 38.5 Å². The van der Waals surface area contributed by atoms with Crippen LogP contribution in [0.2, 0.25) is 25.1 Å². The van der Waals surface area contributed by atoms with E-state index >= 15 is 0 Å². The van der Waals surface area contributed by atoms with E-state index in [4.69, 9.17) is 58.0 Å². The van der Waals surface area contributed by atoms with Crippen molar-refractivity contribution in [3.8, 4) is 0 Å². The molecule has 0 N–H and O–H groups in total. The zero-order valence-corrected chi connectivity index (χ0v) is 60.0. The Morgan fingerprint density at radius 3 is 1.03 bits per heavy atom. The van der Waals surface area contributed by atoms with E-state index in [-0.39, 0.29) is 57.9 Å². The van der Waals surface area contributed by atoms with Gasteiger partial charge in [-0.15, -0.1) is 0 Å². The fourth-order valence-corrected chi connectivity index (χ4v) is 15.3. The standard InChI is InChI=1S/C13H15BrO.C13H14Cl2O.C13H14ClFO.C13H15ClO.C12H13BrO.C12H13ClO/c1-2-3-5-9-8-11-10(13(9)15)6-4-7-12(11)14;1-2-3-4-8-7-10-9(13(8)16)5-6-11(14)12(10)15;1-2-3-4-8-7-10-9(13(8)16)5-6-11(15)12(10)14;1-2-3-5-9-8-11-10(13(9)15)6-4-7-12(11)14;2*1-7(2)9-6-10-8(12(9)14)4-3-5-11(10)13/h4,6-7,9H,2-3,5,8H2,1H3;2*5-6,8H,2-4,7H2,1H3;4,6-7,9H,2-3,5,8H2,1H3;2*3-5,7,9H,6H2,1-2H3. The van der Waals surface area contributed by atoms with E-state index in [1.807, 2.05) is 72.8 Å². The molecule has 6 aliphatic rings. The summed E-state index contributed by atoms with van der Waals surface area (Å²) in [6.45, 7) is 17.0. The van der Waals surface area contributed by atoms with E-state index in [9.17, 15) is 33.2 Å². The third-order valence-electron chi connectivity index (χ3n) is 18.5. The molecule has 12 rings (SSSR count). The average molecular weight is 1450 g/mol. The molecule has 0 amide bonds. The molecule has 6 nitrogen and oxygen atoms in total. The van der Waals surface area contributed by atoms with Crippen molar-refractivity contribution in [1.29, 1.82) is 0 Å². The number of halogens is 8. The number of Topliss-reactive ketones (excluding diaryl/α,β-unsaturated/α-hetero) is 6. The van der Waals surface area contributed by atoms with E-state index in [0.29, 0.717) is 56.8 Å². The van der Waals surface area contributed by atoms with Crippen molar-refractivity contribution >= 4 is 125 Å². The molecule has 0 aromatic heterocycles. The monoisotopic (exact) mass is 1440 g/mol. The number of carbonyl (C=O) groups is 6. The molecule has 0 saturated carbocycles. The third-order valence-corrected chi connectivity index (χ3v) is 21.9. The molecule has 0 saturated heterocycles. The van der Waals surface area contributed by atoms with Crippen LogP contribution in [-0.4, -0.2) is 34.7 Å². The lowest BCUT2D eigenvalue weighted by atomic mass is 9.92. The van der Waals surface area contributed by atoms with Crippen LogP contribution < -0.4 is 0 Å². The normalized spacial score (nSPS) is 19.5. The summed E-state index contributed by atoms with van der Waals surface area (Å²) in [7, 11) is 0. The van der Waals surface area contributed by atoms with Gasteiger partial charge in [0.15, 0.2) is 34.7 Å². The van der Waals surface area contributed by atoms with Crippen LogP contribution in [0.15, 0.2) is 106 Å². The number of unbranched alkanes of at least 4 members (excludes halogenated alkanes) is 4. The minimum Gasteiger partial charge on any atom is -0.294 e. The van der Waals surface area contributed by atoms with Gasteiger partial charge in [-0.2, -0.15) is 0 Å². The highest BCUT2D eigenvalue weighted by atomic mass is 79.9. The fourth-order valence-electron chi connectivity index (χ4n) is 13.1. The molecule has 6 aromatic rings. The summed E-state index contributed by atoms with van der Waals surface area (Å²) in [4.78, 5) is 72.0. The van der Waals surface area contributed by atoms with Crippen molar-refractivity contribution in [1.82, 2.24) is 0 Å². The second-order valence-electron chi connectivity index (χ2n) is 25.3. The number of benzene rings is 6. The van der Waals surface area contributed by atoms with Gasteiger partial charge in [0.25, 0.3) is 0 Å². The van der Waals surface area contributed by atoms with Gasteiger partial charge < -0.3 is 0 Å². The Morgan fingerprint density at radius 2 is 0.667 bits per heavy atom. The van der Waals surface area contributed by atoms with E-state index in [0.717, 1.165) is 166 Å². The molecule has 14 heteroatoms. The van der Waals surface area contributed by atoms with Gasteiger partial charge in [0.05, 0.1) is 15.1 Å². The number of hydrogen-bond acceptors (Lipinski definition) is 6. The smallest absolute Gasteiger partial charge is 0.166 e. The topological polar surface area (TPSA) is 102 Å². The Hall–Kier alpha value is -4.32. The Labute approximate surface area is 575 Å². The van der Waals surface area contributed by atoms with Crippen molar-refractivity contribution in [2.45, 2.75) is 171 Å². The van der Waals surface area contributed by atoms with Crippen LogP contribution in [0, 0.1) is 53.2 Å². The summed E-state index contributed by atoms with van der Waals surface area (Å²) in [5, 5.41) is 2.72. The maximum absolute atomic E-state index is 13.2. The zero-order valence-electron chi connectivity index (χ0n) is 53.1. The largest absolute Gasteiger partial charge is 0.294 e. The second-order valence-corrected chi connectivity index (χ2v) is 29.0. The highest BCUT2D eigenvalue weighted by Crippen LogP contribution is 2.41. The minimum atomic E-state index is -0.427. The van der Waals surface area contributed by atoms with Gasteiger partial charge in [0.1, 0.15) is 5.82 Å². The van der Waals surface area contributed by atoms with Crippen LogP contribution in [0.4, 0.5) is 4.39 Å². The van der Waals surface area contributed by atoms with Gasteiger partial charge in [0.2, 0.25) is 0 Å². The summed E-state index contributed by atoms with van der Waals surface area (Å²) in [5.74, 6) is 2.84. The number of hydrogen-bond donors (Lipinski definition) is 0. The summed E-state index contributed by atoms with van der Waals surface area (Å²) in [6, 6.07) is 29.4. The predicted octanol–water partition coefficient (Wildman–Crippen LogP) is 23.3. The highest BCUT2D eigenvalue weighted by Gasteiger charge is 2.37. The fraction of sp³-hybridized carbons (Fsp3) is 0.447. The Morgan fingerprint density at radius 1 is 0.367 bits per heavy atom. The lowest BCUT2D eigenvalue weighted by Gasteiger charge is -2.10. The van der Waals surface area contributed by atoms with Gasteiger partial charge in [-0.1, -0.05) is 245 Å². The summed E-state index contributed by atoms with van der Waals surface area (Å²) in [6.07, 6.45) is 17.6. The molecule has 0 fully saturated rings. The maximum atomic E-state index is 13.2. The minimum absolute atomic E-state index is 0.00856. The van der Waals surface area contributed by atoms with Crippen LogP contribution >= 0.6 is 89.9 Å². The maximum Gasteiger partial charge on any atom is 0.166 e. The molecule has 6 aromatic carbocycles. The molecule has 90 heavy (non-hydrogen) atoms. The number of carbonyl (C=O) groups excluding carboxylic acids is 6. The molecular formula is C76H84Br2Cl5FO6. The lowest BCUT2D eigenvalue weighted by Crippen LogP contribution is -2.15. The van der Waals surface area contributed by atoms with Crippen molar-refractivity contribution in [3.63, 3.8) is 0 Å². The number of fused-ring (bicyclic) bond motifs is 6. The average Bonchev–Trinajstić information content (AvgIpc) is 1.95. The first-order valence-corrected chi connectivity index (χ1v) is 35.8. The van der Waals surface area contributed by atoms with Crippen molar-refractivity contribution in [2.24, 2.45) is 47.3 Å². The molecule has 0 bridgehead atoms. The van der Waals surface area contributed by atoms with Gasteiger partial charge in [0, 0.05) is 87.9 Å². The van der Waals surface area contributed by atoms with E-state index < -0.39 is 5.82 Å². The quantitative estimate of drug-likeness (QED) is 0.108. The molecule has 0 aliphatic heterocycles. The second kappa shape index (κ2) is 34.2. The molecule has 0 spiro atoms. The first-order chi connectivity index (χ1) is 43.0. The highest BCUT2D eigenvalue weighted by molar-refractivity contribution is 9.10. The van der Waals surface area contributed by atoms with Crippen LogP contribution in [0.1, 0.15) is 228 Å². The van der Waals surface area contributed by atoms with E-state index in [1.165, 1.54) is 23.6 Å². The first-order valence-electron chi connectivity index (χ1n) is 32.3. The Kier molecular flexibility index (Phi) is 27.8. The Bertz CT molecular complexity index is 3360. The van der Waals surface area contributed by atoms with Crippen molar-refractivity contribution in [2.75, 3.05) is 0 Å². The molecule has 6 atom stereocenters. The molecule has 6 unspecified atom stereocenters. The first kappa shape index (κ1) is 73.1. The molecule has 0 radical (unpaired) electrons. The summed E-state index contributed by atoms with van der Waals surface area (Å²) >= 11 is 37.1. The SMILES string of the molecule is CC(C)C1Cc2c(Br)cccc2C1=O.CC(C)C1Cc2c(Cl)cccc2C1=O.CCCCC1Cc2c(Br)cccc2C1=O.CCCCC1Cc2c(Cl)cccc2C1=O.CCCCC1Cc2c(ccc(Cl)c2Cl)C1=O.CCCCC1Cc2c(ccc(F)c2Cl)C1=O. The number of ketones is 6.